The Bertz CT molecular complexity index is 1110. The summed E-state index contributed by atoms with van der Waals surface area (Å²) in [5.74, 6) is 1.17. The largest absolute Gasteiger partial charge is 0.493 e. The molecule has 36 heavy (non-hydrogen) atoms. The SMILES string of the molecule is CCC=CCCOc1ccc2c(OCCC=CCC)c(OCC=C(C)CCC=C(C)C)c(=O)oc2c1. The average molecular weight is 495 g/mol. The van der Waals surface area contributed by atoms with Crippen molar-refractivity contribution in [1.29, 1.82) is 0 Å². The molecule has 0 amide bonds. The molecule has 0 saturated heterocycles. The Labute approximate surface area is 216 Å². The standard InChI is InChI=1S/C31H42O5/c1-6-8-10-12-20-33-26-17-18-27-28(23-26)36-31(32)30(29(27)34-21-13-11-9-7-2)35-22-19-25(5)16-14-15-24(3)4/h8-11,15,17-19,23H,6-7,12-14,16,20-22H2,1-5H3. The molecule has 0 unspecified atom stereocenters. The maximum Gasteiger partial charge on any atom is 0.383 e. The molecule has 0 fully saturated rings. The number of benzene rings is 1. The van der Waals surface area contributed by atoms with E-state index in [1.807, 2.05) is 18.2 Å². The second-order valence-electron chi connectivity index (χ2n) is 8.92. The predicted octanol–water partition coefficient (Wildman–Crippen LogP) is 8.33. The Hall–Kier alpha value is -3.21. The summed E-state index contributed by atoms with van der Waals surface area (Å²) in [6, 6.07) is 5.47. The third-order valence-electron chi connectivity index (χ3n) is 5.43. The summed E-state index contributed by atoms with van der Waals surface area (Å²) in [4.78, 5) is 12.9. The Morgan fingerprint density at radius 1 is 0.833 bits per heavy atom. The van der Waals surface area contributed by atoms with Gasteiger partial charge in [0.15, 0.2) is 5.75 Å². The molecule has 0 aliphatic rings. The summed E-state index contributed by atoms with van der Waals surface area (Å²) in [7, 11) is 0. The van der Waals surface area contributed by atoms with Crippen LogP contribution < -0.4 is 19.8 Å². The van der Waals surface area contributed by atoms with Gasteiger partial charge in [-0.05, 0) is 77.5 Å². The summed E-state index contributed by atoms with van der Waals surface area (Å²) >= 11 is 0. The van der Waals surface area contributed by atoms with Crippen LogP contribution in [0.25, 0.3) is 11.0 Å². The molecular formula is C31H42O5. The number of rotatable bonds is 16. The van der Waals surface area contributed by atoms with Crippen LogP contribution in [0.2, 0.25) is 0 Å². The van der Waals surface area contributed by atoms with Crippen LogP contribution in [0.5, 0.6) is 17.2 Å². The minimum Gasteiger partial charge on any atom is -0.493 e. The smallest absolute Gasteiger partial charge is 0.383 e. The number of hydrogen-bond acceptors (Lipinski definition) is 5. The number of allylic oxidation sites excluding steroid dienone is 5. The van der Waals surface area contributed by atoms with Gasteiger partial charge in [0.2, 0.25) is 5.75 Å². The zero-order valence-corrected chi connectivity index (χ0v) is 22.6. The first-order chi connectivity index (χ1) is 17.5. The van der Waals surface area contributed by atoms with Crippen LogP contribution in [0, 0.1) is 0 Å². The Morgan fingerprint density at radius 2 is 1.53 bits per heavy atom. The first kappa shape index (κ1) is 29.0. The van der Waals surface area contributed by atoms with Crippen molar-refractivity contribution in [3.63, 3.8) is 0 Å². The monoisotopic (exact) mass is 494 g/mol. The lowest BCUT2D eigenvalue weighted by molar-refractivity contribution is 0.279. The van der Waals surface area contributed by atoms with Crippen LogP contribution in [-0.4, -0.2) is 19.8 Å². The summed E-state index contributed by atoms with van der Waals surface area (Å²) in [6.07, 6.45) is 18.1. The normalized spacial score (nSPS) is 12.0. The van der Waals surface area contributed by atoms with Crippen LogP contribution >= 0.6 is 0 Å². The van der Waals surface area contributed by atoms with E-state index in [-0.39, 0.29) is 12.4 Å². The van der Waals surface area contributed by atoms with Crippen molar-refractivity contribution in [2.75, 3.05) is 19.8 Å². The van der Waals surface area contributed by atoms with Crippen molar-refractivity contribution in [1.82, 2.24) is 0 Å². The van der Waals surface area contributed by atoms with Gasteiger partial charge in [0.25, 0.3) is 0 Å². The first-order valence-corrected chi connectivity index (χ1v) is 13.0. The van der Waals surface area contributed by atoms with Crippen LogP contribution in [-0.2, 0) is 0 Å². The summed E-state index contributed by atoms with van der Waals surface area (Å²) in [5.41, 5.74) is 2.38. The zero-order chi connectivity index (χ0) is 26.2. The molecule has 1 aromatic carbocycles. The third-order valence-corrected chi connectivity index (χ3v) is 5.43. The molecule has 0 atom stereocenters. The average Bonchev–Trinajstić information content (AvgIpc) is 2.84. The summed E-state index contributed by atoms with van der Waals surface area (Å²) in [6.45, 7) is 11.7. The van der Waals surface area contributed by atoms with Crippen molar-refractivity contribution in [3.8, 4) is 17.2 Å². The van der Waals surface area contributed by atoms with E-state index in [4.69, 9.17) is 18.6 Å². The van der Waals surface area contributed by atoms with Gasteiger partial charge in [0.1, 0.15) is 17.9 Å². The highest BCUT2D eigenvalue weighted by molar-refractivity contribution is 5.86. The van der Waals surface area contributed by atoms with Crippen molar-refractivity contribution in [2.45, 2.75) is 73.1 Å². The highest BCUT2D eigenvalue weighted by Crippen LogP contribution is 2.35. The van der Waals surface area contributed by atoms with Crippen LogP contribution in [0.15, 0.2) is 75.0 Å². The van der Waals surface area contributed by atoms with E-state index >= 15 is 0 Å². The lowest BCUT2D eigenvalue weighted by atomic mass is 10.1. The molecule has 1 aromatic heterocycles. The molecule has 0 spiro atoms. The van der Waals surface area contributed by atoms with E-state index in [1.54, 1.807) is 6.07 Å². The van der Waals surface area contributed by atoms with Crippen molar-refractivity contribution < 1.29 is 18.6 Å². The molecule has 0 N–H and O–H groups in total. The van der Waals surface area contributed by atoms with Gasteiger partial charge >= 0.3 is 5.63 Å². The fourth-order valence-corrected chi connectivity index (χ4v) is 3.49. The number of fused-ring (bicyclic) bond motifs is 1. The van der Waals surface area contributed by atoms with Gasteiger partial charge in [0, 0.05) is 6.07 Å². The summed E-state index contributed by atoms with van der Waals surface area (Å²) < 4.78 is 23.4. The molecule has 196 valence electrons. The van der Waals surface area contributed by atoms with E-state index in [0.717, 1.165) is 38.5 Å². The van der Waals surface area contributed by atoms with Crippen molar-refractivity contribution in [3.05, 3.63) is 76.2 Å². The molecule has 5 nitrogen and oxygen atoms in total. The first-order valence-electron chi connectivity index (χ1n) is 13.0. The van der Waals surface area contributed by atoms with E-state index in [9.17, 15) is 4.79 Å². The minimum atomic E-state index is -0.555. The molecule has 0 bridgehead atoms. The van der Waals surface area contributed by atoms with Gasteiger partial charge in [-0.25, -0.2) is 4.79 Å². The molecule has 0 aliphatic heterocycles. The lowest BCUT2D eigenvalue weighted by Gasteiger charge is -2.14. The van der Waals surface area contributed by atoms with Gasteiger partial charge in [-0.1, -0.05) is 55.4 Å². The third kappa shape index (κ3) is 10.2. The molecule has 2 rings (SSSR count). The molecule has 0 radical (unpaired) electrons. The molecule has 2 aromatic rings. The molecule has 1 heterocycles. The molecule has 0 saturated carbocycles. The highest BCUT2D eigenvalue weighted by atomic mass is 16.5. The molecule has 0 aliphatic carbocycles. The fourth-order valence-electron chi connectivity index (χ4n) is 3.49. The highest BCUT2D eigenvalue weighted by Gasteiger charge is 2.18. The Kier molecular flexibility index (Phi) is 13.3. The zero-order valence-electron chi connectivity index (χ0n) is 22.6. The van der Waals surface area contributed by atoms with Crippen LogP contribution in [0.1, 0.15) is 73.1 Å². The maximum atomic E-state index is 12.9. The minimum absolute atomic E-state index is 0.105. The van der Waals surface area contributed by atoms with E-state index in [0.29, 0.717) is 35.7 Å². The van der Waals surface area contributed by atoms with Crippen LogP contribution in [0.4, 0.5) is 0 Å². The number of hydrogen-bond donors (Lipinski definition) is 0. The predicted molar refractivity (Wildman–Crippen MR) is 149 cm³/mol. The Balaban J connectivity index is 2.23. The van der Waals surface area contributed by atoms with Gasteiger partial charge in [-0.2, -0.15) is 0 Å². The van der Waals surface area contributed by atoms with E-state index < -0.39 is 5.63 Å². The summed E-state index contributed by atoms with van der Waals surface area (Å²) in [5, 5.41) is 0.687. The molecule has 5 heteroatoms. The van der Waals surface area contributed by atoms with Gasteiger partial charge in [-0.3, -0.25) is 0 Å². The maximum absolute atomic E-state index is 12.9. The van der Waals surface area contributed by atoms with Crippen molar-refractivity contribution in [2.24, 2.45) is 0 Å². The van der Waals surface area contributed by atoms with Crippen molar-refractivity contribution >= 4 is 11.0 Å². The quantitative estimate of drug-likeness (QED) is 0.133. The Morgan fingerprint density at radius 3 is 2.19 bits per heavy atom. The topological polar surface area (TPSA) is 57.9 Å². The second kappa shape index (κ2) is 16.5. The van der Waals surface area contributed by atoms with Gasteiger partial charge < -0.3 is 18.6 Å². The van der Waals surface area contributed by atoms with Gasteiger partial charge in [-0.15, -0.1) is 0 Å². The molecular weight excluding hydrogens is 452 g/mol. The van der Waals surface area contributed by atoms with E-state index in [2.05, 4.69) is 65.0 Å². The number of ether oxygens (including phenoxy) is 3. The van der Waals surface area contributed by atoms with Gasteiger partial charge in [0.05, 0.1) is 18.6 Å². The van der Waals surface area contributed by atoms with E-state index in [1.165, 1.54) is 11.1 Å². The fraction of sp³-hybridized carbons (Fsp3) is 0.452. The second-order valence-corrected chi connectivity index (χ2v) is 8.92. The van der Waals surface area contributed by atoms with Crippen LogP contribution in [0.3, 0.4) is 0 Å². The lowest BCUT2D eigenvalue weighted by Crippen LogP contribution is -2.11.